The summed E-state index contributed by atoms with van der Waals surface area (Å²) in [5.41, 5.74) is -1.94. The molecule has 1 saturated carbocycles. The number of rotatable bonds is 3. The lowest BCUT2D eigenvalue weighted by Gasteiger charge is -2.24. The maximum Gasteiger partial charge on any atom is 0.411 e. The van der Waals surface area contributed by atoms with E-state index < -0.39 is 17.6 Å². The van der Waals surface area contributed by atoms with Gasteiger partial charge in [0, 0.05) is 13.1 Å². The fourth-order valence-electron chi connectivity index (χ4n) is 2.17. The number of hydrogen-bond donors (Lipinski definition) is 2. The van der Waals surface area contributed by atoms with E-state index in [0.29, 0.717) is 6.54 Å². The van der Waals surface area contributed by atoms with Crippen LogP contribution >= 0.6 is 0 Å². The lowest BCUT2D eigenvalue weighted by Crippen LogP contribution is -2.51. The Labute approximate surface area is 104 Å². The summed E-state index contributed by atoms with van der Waals surface area (Å²) in [5.74, 6) is -0.522. The van der Waals surface area contributed by atoms with Crippen LogP contribution in [0.2, 0.25) is 0 Å². The van der Waals surface area contributed by atoms with Crippen LogP contribution in [0.1, 0.15) is 19.3 Å². The van der Waals surface area contributed by atoms with E-state index in [0.717, 1.165) is 26.1 Å². The normalized spacial score (nSPS) is 24.4. The van der Waals surface area contributed by atoms with Crippen molar-refractivity contribution in [3.05, 3.63) is 0 Å². The number of hydrogen-bond acceptors (Lipinski definition) is 3. The zero-order valence-electron chi connectivity index (χ0n) is 10.1. The molecule has 0 aromatic heterocycles. The number of amides is 1. The number of halogens is 3. The maximum absolute atomic E-state index is 12.7. The second-order valence-electron chi connectivity index (χ2n) is 5.01. The Morgan fingerprint density at radius 2 is 2.00 bits per heavy atom. The lowest BCUT2D eigenvalue weighted by molar-refractivity contribution is -0.170. The third kappa shape index (κ3) is 3.14. The van der Waals surface area contributed by atoms with Gasteiger partial charge in [-0.3, -0.25) is 9.69 Å². The molecule has 1 saturated heterocycles. The van der Waals surface area contributed by atoms with Crippen LogP contribution < -0.4 is 10.6 Å². The molecule has 2 rings (SSSR count). The Morgan fingerprint density at radius 1 is 1.28 bits per heavy atom. The molecule has 1 aliphatic carbocycles. The first-order valence-electron chi connectivity index (χ1n) is 6.24. The molecule has 104 valence electrons. The lowest BCUT2D eigenvalue weighted by atomic mass is 10.2. The number of nitrogens with one attached hydrogen (secondary N) is 2. The highest BCUT2D eigenvalue weighted by Crippen LogP contribution is 2.48. The summed E-state index contributed by atoms with van der Waals surface area (Å²) in [5, 5.41) is 5.33. The third-order valence-corrected chi connectivity index (χ3v) is 3.47. The molecule has 18 heavy (non-hydrogen) atoms. The van der Waals surface area contributed by atoms with Crippen LogP contribution in [-0.2, 0) is 4.79 Å². The molecule has 2 fully saturated rings. The van der Waals surface area contributed by atoms with Gasteiger partial charge in [0.2, 0.25) is 5.91 Å². The highest BCUT2D eigenvalue weighted by Gasteiger charge is 2.64. The summed E-state index contributed by atoms with van der Waals surface area (Å²) < 4.78 is 38.0. The average Bonchev–Trinajstić information content (AvgIpc) is 3.02. The van der Waals surface area contributed by atoms with Gasteiger partial charge in [-0.15, -0.1) is 0 Å². The highest BCUT2D eigenvalue weighted by atomic mass is 19.4. The molecule has 2 aliphatic rings. The minimum atomic E-state index is -4.33. The second kappa shape index (κ2) is 5.05. The first kappa shape index (κ1) is 13.6. The zero-order chi connectivity index (χ0) is 13.2. The summed E-state index contributed by atoms with van der Waals surface area (Å²) >= 11 is 0. The van der Waals surface area contributed by atoms with Gasteiger partial charge < -0.3 is 10.6 Å². The Hall–Kier alpha value is -0.820. The van der Waals surface area contributed by atoms with Crippen molar-refractivity contribution >= 4 is 5.91 Å². The van der Waals surface area contributed by atoms with Crippen molar-refractivity contribution in [2.75, 3.05) is 32.7 Å². The molecule has 1 amide bonds. The Bertz CT molecular complexity index is 307. The molecular formula is C11H18F3N3O. The maximum atomic E-state index is 12.7. The summed E-state index contributed by atoms with van der Waals surface area (Å²) in [6.07, 6.45) is -3.41. The number of carbonyl (C=O) groups excluding carboxylic acids is 1. The second-order valence-corrected chi connectivity index (χ2v) is 5.01. The molecule has 0 aromatic rings. The van der Waals surface area contributed by atoms with Gasteiger partial charge in [-0.25, -0.2) is 0 Å². The van der Waals surface area contributed by atoms with E-state index >= 15 is 0 Å². The molecule has 2 N–H and O–H groups in total. The van der Waals surface area contributed by atoms with Crippen molar-refractivity contribution in [2.45, 2.75) is 31.0 Å². The number of nitrogens with zero attached hydrogens (tertiary/aromatic N) is 1. The molecule has 4 nitrogen and oxygen atoms in total. The van der Waals surface area contributed by atoms with Gasteiger partial charge in [-0.05, 0) is 32.4 Å². The van der Waals surface area contributed by atoms with E-state index in [2.05, 4.69) is 10.6 Å². The van der Waals surface area contributed by atoms with Crippen molar-refractivity contribution in [1.29, 1.82) is 0 Å². The van der Waals surface area contributed by atoms with Crippen molar-refractivity contribution in [3.63, 3.8) is 0 Å². The molecule has 0 radical (unpaired) electrons. The quantitative estimate of drug-likeness (QED) is 0.780. The van der Waals surface area contributed by atoms with Gasteiger partial charge >= 0.3 is 6.18 Å². The van der Waals surface area contributed by atoms with Gasteiger partial charge in [0.1, 0.15) is 5.54 Å². The van der Waals surface area contributed by atoms with Crippen molar-refractivity contribution in [2.24, 2.45) is 0 Å². The van der Waals surface area contributed by atoms with Gasteiger partial charge in [0.15, 0.2) is 0 Å². The van der Waals surface area contributed by atoms with E-state index in [1.807, 2.05) is 4.90 Å². The van der Waals surface area contributed by atoms with Crippen LogP contribution in [0, 0.1) is 0 Å². The van der Waals surface area contributed by atoms with Crippen LogP contribution in [0.15, 0.2) is 0 Å². The smallest absolute Gasteiger partial charge is 0.341 e. The molecule has 1 heterocycles. The largest absolute Gasteiger partial charge is 0.411 e. The van der Waals surface area contributed by atoms with E-state index in [1.165, 1.54) is 0 Å². The van der Waals surface area contributed by atoms with E-state index in [9.17, 15) is 18.0 Å². The first-order chi connectivity index (χ1) is 8.43. The Morgan fingerprint density at radius 3 is 2.61 bits per heavy atom. The highest BCUT2D eigenvalue weighted by molar-refractivity contribution is 5.79. The topological polar surface area (TPSA) is 44.4 Å². The average molecular weight is 265 g/mol. The molecule has 0 unspecified atom stereocenters. The SMILES string of the molecule is O=C(CN1CCCNCC1)NC1(C(F)(F)F)CC1. The standard InChI is InChI=1S/C11H18F3N3O/c12-11(13,14)10(2-3-10)16-9(18)8-17-6-1-4-15-5-7-17/h15H,1-8H2,(H,16,18). The fourth-order valence-corrected chi connectivity index (χ4v) is 2.17. The summed E-state index contributed by atoms with van der Waals surface area (Å²) in [4.78, 5) is 13.5. The fraction of sp³-hybridized carbons (Fsp3) is 0.909. The van der Waals surface area contributed by atoms with Crippen LogP contribution in [0.25, 0.3) is 0 Å². The van der Waals surface area contributed by atoms with Crippen LogP contribution in [-0.4, -0.2) is 55.2 Å². The Kier molecular flexibility index (Phi) is 3.82. The van der Waals surface area contributed by atoms with Gasteiger partial charge in [0.25, 0.3) is 0 Å². The van der Waals surface area contributed by atoms with Crippen LogP contribution in [0.4, 0.5) is 13.2 Å². The van der Waals surface area contributed by atoms with E-state index in [1.54, 1.807) is 0 Å². The summed E-state index contributed by atoms with van der Waals surface area (Å²) in [6, 6.07) is 0. The monoisotopic (exact) mass is 265 g/mol. The minimum Gasteiger partial charge on any atom is -0.341 e. The van der Waals surface area contributed by atoms with E-state index in [-0.39, 0.29) is 19.4 Å². The van der Waals surface area contributed by atoms with Gasteiger partial charge in [-0.1, -0.05) is 0 Å². The summed E-state index contributed by atoms with van der Waals surface area (Å²) in [6.45, 7) is 3.17. The predicted molar refractivity (Wildman–Crippen MR) is 60.1 cm³/mol. The molecular weight excluding hydrogens is 247 g/mol. The van der Waals surface area contributed by atoms with Crippen LogP contribution in [0.5, 0.6) is 0 Å². The molecule has 0 spiro atoms. The number of alkyl halides is 3. The first-order valence-corrected chi connectivity index (χ1v) is 6.24. The minimum absolute atomic E-state index is 0.00377. The Balaban J connectivity index is 1.82. The van der Waals surface area contributed by atoms with Crippen molar-refractivity contribution in [3.8, 4) is 0 Å². The van der Waals surface area contributed by atoms with E-state index in [4.69, 9.17) is 0 Å². The van der Waals surface area contributed by atoms with Gasteiger partial charge in [0.05, 0.1) is 6.54 Å². The molecule has 0 atom stereocenters. The third-order valence-electron chi connectivity index (χ3n) is 3.47. The molecule has 7 heteroatoms. The van der Waals surface area contributed by atoms with Crippen molar-refractivity contribution in [1.82, 2.24) is 15.5 Å². The molecule has 0 bridgehead atoms. The molecule has 1 aliphatic heterocycles. The van der Waals surface area contributed by atoms with Crippen molar-refractivity contribution < 1.29 is 18.0 Å². The number of carbonyl (C=O) groups is 1. The molecule has 0 aromatic carbocycles. The predicted octanol–water partition coefficient (Wildman–Crippen LogP) is 0.493. The summed E-state index contributed by atoms with van der Waals surface area (Å²) in [7, 11) is 0. The zero-order valence-corrected chi connectivity index (χ0v) is 10.1. The van der Waals surface area contributed by atoms with Crippen LogP contribution in [0.3, 0.4) is 0 Å². The van der Waals surface area contributed by atoms with Gasteiger partial charge in [-0.2, -0.15) is 13.2 Å².